The molecule has 2 heterocycles. The van der Waals surface area contributed by atoms with Gasteiger partial charge in [-0.3, -0.25) is 9.69 Å². The van der Waals surface area contributed by atoms with Crippen LogP contribution in [0.15, 0.2) is 112 Å². The third-order valence-electron chi connectivity index (χ3n) is 7.29. The molecule has 1 amide bonds. The molecule has 0 radical (unpaired) electrons. The van der Waals surface area contributed by atoms with E-state index in [4.69, 9.17) is 4.42 Å². The second kappa shape index (κ2) is 11.2. The van der Waals surface area contributed by atoms with Crippen LogP contribution in [-0.2, 0) is 6.54 Å². The summed E-state index contributed by atoms with van der Waals surface area (Å²) >= 11 is 0. The van der Waals surface area contributed by atoms with E-state index in [0.29, 0.717) is 34.5 Å². The minimum Gasteiger partial charge on any atom is -0.422 e. The van der Waals surface area contributed by atoms with Crippen LogP contribution < -0.4 is 15.8 Å². The quantitative estimate of drug-likeness (QED) is 0.264. The van der Waals surface area contributed by atoms with Gasteiger partial charge >= 0.3 is 5.63 Å². The van der Waals surface area contributed by atoms with Gasteiger partial charge in [0.2, 0.25) is 0 Å². The summed E-state index contributed by atoms with van der Waals surface area (Å²) in [6.45, 7) is 3.99. The van der Waals surface area contributed by atoms with Gasteiger partial charge in [-0.15, -0.1) is 0 Å². The summed E-state index contributed by atoms with van der Waals surface area (Å²) in [5, 5.41) is 3.77. The summed E-state index contributed by atoms with van der Waals surface area (Å²) in [6.07, 6.45) is 0. The summed E-state index contributed by atoms with van der Waals surface area (Å²) in [5.74, 6) is -0.421. The number of nitrogens with zero attached hydrogens (tertiary/aromatic N) is 2. The Hall–Kier alpha value is -4.75. The zero-order valence-corrected chi connectivity index (χ0v) is 21.8. The van der Waals surface area contributed by atoms with Gasteiger partial charge in [0.15, 0.2) is 0 Å². The smallest absolute Gasteiger partial charge is 0.344 e. The van der Waals surface area contributed by atoms with Gasteiger partial charge in [0, 0.05) is 60.6 Å². The Bertz CT molecular complexity index is 1720. The van der Waals surface area contributed by atoms with Crippen molar-refractivity contribution in [2.24, 2.45) is 0 Å². The molecule has 0 unspecified atom stereocenters. The number of benzene rings is 4. The molecule has 200 valence electrons. The molecule has 1 aliphatic rings. The Balaban J connectivity index is 1.09. The van der Waals surface area contributed by atoms with Gasteiger partial charge in [-0.2, -0.15) is 0 Å². The number of para-hydroxylation sites is 1. The van der Waals surface area contributed by atoms with Crippen molar-refractivity contribution in [3.63, 3.8) is 0 Å². The number of halogens is 1. The van der Waals surface area contributed by atoms with Crippen molar-refractivity contribution >= 4 is 28.3 Å². The largest absolute Gasteiger partial charge is 0.422 e. The molecule has 40 heavy (non-hydrogen) atoms. The highest BCUT2D eigenvalue weighted by molar-refractivity contribution is 6.05. The molecule has 0 atom stereocenters. The Labute approximate surface area is 231 Å². The van der Waals surface area contributed by atoms with Crippen LogP contribution in [0.1, 0.15) is 15.9 Å². The van der Waals surface area contributed by atoms with Gasteiger partial charge < -0.3 is 14.6 Å². The Morgan fingerprint density at radius 2 is 1.57 bits per heavy atom. The van der Waals surface area contributed by atoms with Crippen LogP contribution in [0, 0.1) is 5.82 Å². The molecule has 4 aromatic carbocycles. The molecule has 0 aliphatic carbocycles. The number of hydrogen-bond donors (Lipinski definition) is 1. The van der Waals surface area contributed by atoms with Crippen LogP contribution in [0.4, 0.5) is 15.8 Å². The van der Waals surface area contributed by atoms with Gasteiger partial charge in [-0.25, -0.2) is 9.18 Å². The second-order valence-electron chi connectivity index (χ2n) is 9.92. The van der Waals surface area contributed by atoms with E-state index in [9.17, 15) is 14.0 Å². The van der Waals surface area contributed by atoms with Crippen molar-refractivity contribution in [2.45, 2.75) is 6.54 Å². The van der Waals surface area contributed by atoms with Crippen molar-refractivity contribution in [1.82, 2.24) is 4.90 Å². The van der Waals surface area contributed by atoms with E-state index in [1.54, 1.807) is 42.5 Å². The molecule has 1 aromatic heterocycles. The topological polar surface area (TPSA) is 65.8 Å². The number of nitrogens with one attached hydrogen (secondary N) is 1. The highest BCUT2D eigenvalue weighted by Gasteiger charge is 2.19. The maximum atomic E-state index is 14.0. The van der Waals surface area contributed by atoms with E-state index in [-0.39, 0.29) is 11.7 Å². The van der Waals surface area contributed by atoms with Crippen molar-refractivity contribution < 1.29 is 13.6 Å². The summed E-state index contributed by atoms with van der Waals surface area (Å²) in [5.41, 5.74) is 4.04. The maximum Gasteiger partial charge on any atom is 0.344 e. The number of hydrogen-bond acceptors (Lipinski definition) is 5. The standard InChI is InChI=1S/C33H28FN3O3/c34-30-10-3-1-7-26(30)22-36-16-18-37(19-17-36)28-14-12-27(13-15-28)35-32(38)25-9-5-8-23(20-25)29-21-24-6-2-4-11-31(24)40-33(29)39/h1-15,20-21H,16-19,22H2,(H,35,38). The van der Waals surface area contributed by atoms with Crippen molar-refractivity contribution in [3.05, 3.63) is 130 Å². The Kier molecular flexibility index (Phi) is 7.12. The average molecular weight is 534 g/mol. The first kappa shape index (κ1) is 25.5. The SMILES string of the molecule is O=C(Nc1ccc(N2CCN(Cc3ccccc3F)CC2)cc1)c1cccc(-c2cc3ccccc3oc2=O)c1. The molecular weight excluding hydrogens is 505 g/mol. The number of rotatable bonds is 6. The minimum absolute atomic E-state index is 0.159. The normalized spacial score (nSPS) is 13.9. The molecule has 5 aromatic rings. The number of anilines is 2. The number of fused-ring (bicyclic) bond motifs is 1. The molecule has 6 nitrogen and oxygen atoms in total. The summed E-state index contributed by atoms with van der Waals surface area (Å²) < 4.78 is 19.5. The molecule has 1 N–H and O–H groups in total. The van der Waals surface area contributed by atoms with E-state index in [1.807, 2.05) is 54.6 Å². The second-order valence-corrected chi connectivity index (χ2v) is 9.92. The lowest BCUT2D eigenvalue weighted by atomic mass is 10.0. The number of carbonyl (C=O) groups is 1. The molecule has 0 bridgehead atoms. The first-order chi connectivity index (χ1) is 19.5. The number of carbonyl (C=O) groups excluding carboxylic acids is 1. The first-order valence-electron chi connectivity index (χ1n) is 13.3. The van der Waals surface area contributed by atoms with Crippen LogP contribution in [-0.4, -0.2) is 37.0 Å². The Morgan fingerprint density at radius 3 is 2.38 bits per heavy atom. The van der Waals surface area contributed by atoms with Crippen LogP contribution in [0.25, 0.3) is 22.1 Å². The third kappa shape index (κ3) is 5.51. The summed E-state index contributed by atoms with van der Waals surface area (Å²) in [4.78, 5) is 30.2. The van der Waals surface area contributed by atoms with Gasteiger partial charge in [0.05, 0.1) is 5.56 Å². The van der Waals surface area contributed by atoms with Crippen LogP contribution in [0.5, 0.6) is 0 Å². The fourth-order valence-electron chi connectivity index (χ4n) is 5.08. The first-order valence-corrected chi connectivity index (χ1v) is 13.3. The Morgan fingerprint density at radius 1 is 0.825 bits per heavy atom. The van der Waals surface area contributed by atoms with Crippen LogP contribution in [0.2, 0.25) is 0 Å². The lowest BCUT2D eigenvalue weighted by Gasteiger charge is -2.36. The van der Waals surface area contributed by atoms with Crippen molar-refractivity contribution in [3.8, 4) is 11.1 Å². The highest BCUT2D eigenvalue weighted by Crippen LogP contribution is 2.24. The molecule has 1 saturated heterocycles. The molecule has 0 saturated carbocycles. The zero-order valence-electron chi connectivity index (χ0n) is 21.8. The van der Waals surface area contributed by atoms with Gasteiger partial charge in [-0.05, 0) is 60.2 Å². The summed E-state index contributed by atoms with van der Waals surface area (Å²) in [7, 11) is 0. The lowest BCUT2D eigenvalue weighted by molar-refractivity contribution is 0.102. The molecule has 1 aliphatic heterocycles. The number of piperazine rings is 1. The fourth-order valence-corrected chi connectivity index (χ4v) is 5.08. The van der Waals surface area contributed by atoms with Gasteiger partial charge in [0.1, 0.15) is 11.4 Å². The third-order valence-corrected chi connectivity index (χ3v) is 7.29. The predicted octanol–water partition coefficient (Wildman–Crippen LogP) is 6.17. The average Bonchev–Trinajstić information content (AvgIpc) is 2.99. The zero-order chi connectivity index (χ0) is 27.5. The lowest BCUT2D eigenvalue weighted by Crippen LogP contribution is -2.46. The molecule has 0 spiro atoms. The minimum atomic E-state index is -0.445. The number of amides is 1. The van der Waals surface area contributed by atoms with E-state index in [1.165, 1.54) is 6.07 Å². The molecule has 7 heteroatoms. The molecular formula is C33H28FN3O3. The van der Waals surface area contributed by atoms with E-state index < -0.39 is 5.63 Å². The van der Waals surface area contributed by atoms with E-state index >= 15 is 0 Å². The van der Waals surface area contributed by atoms with Crippen LogP contribution in [0.3, 0.4) is 0 Å². The fraction of sp³-hybridized carbons (Fsp3) is 0.152. The van der Waals surface area contributed by atoms with E-state index in [2.05, 4.69) is 15.1 Å². The van der Waals surface area contributed by atoms with Crippen LogP contribution >= 0.6 is 0 Å². The predicted molar refractivity (Wildman–Crippen MR) is 156 cm³/mol. The molecule has 1 fully saturated rings. The van der Waals surface area contributed by atoms with E-state index in [0.717, 1.165) is 42.8 Å². The molecule has 6 rings (SSSR count). The summed E-state index contributed by atoms with van der Waals surface area (Å²) in [6, 6.07) is 30.8. The van der Waals surface area contributed by atoms with Crippen molar-refractivity contribution in [2.75, 3.05) is 36.4 Å². The van der Waals surface area contributed by atoms with Gasteiger partial charge in [0.25, 0.3) is 5.91 Å². The van der Waals surface area contributed by atoms with Crippen molar-refractivity contribution in [1.29, 1.82) is 0 Å². The van der Waals surface area contributed by atoms with Gasteiger partial charge in [-0.1, -0.05) is 48.5 Å². The maximum absolute atomic E-state index is 14.0. The monoisotopic (exact) mass is 533 g/mol. The highest BCUT2D eigenvalue weighted by atomic mass is 19.1.